The minimum Gasteiger partial charge on any atom is -0.451 e. The predicted molar refractivity (Wildman–Crippen MR) is 88.6 cm³/mol. The number of hydrogen-bond acceptors (Lipinski definition) is 4. The summed E-state index contributed by atoms with van der Waals surface area (Å²) >= 11 is 11.6. The zero-order chi connectivity index (χ0) is 17.0. The third kappa shape index (κ3) is 4.82. The van der Waals surface area contributed by atoms with Crippen LogP contribution in [0.25, 0.3) is 0 Å². The average molecular weight is 359 g/mol. The van der Waals surface area contributed by atoms with Crippen LogP contribution >= 0.6 is 23.2 Å². The molecule has 126 valence electrons. The fraction of sp³-hybridized carbons (Fsp3) is 0.562. The van der Waals surface area contributed by atoms with Crippen molar-refractivity contribution in [3.63, 3.8) is 0 Å². The highest BCUT2D eigenvalue weighted by Crippen LogP contribution is 2.29. The zero-order valence-corrected chi connectivity index (χ0v) is 14.7. The van der Waals surface area contributed by atoms with Gasteiger partial charge in [-0.05, 0) is 30.4 Å². The van der Waals surface area contributed by atoms with E-state index < -0.39 is 5.97 Å². The number of nitrogens with zero attached hydrogens (tertiary/aromatic N) is 1. The first-order valence-electron chi connectivity index (χ1n) is 7.67. The minimum atomic E-state index is -0.766. The van der Waals surface area contributed by atoms with Crippen LogP contribution in [0, 0.1) is 11.8 Å². The Hall–Kier alpha value is -1.33. The number of rotatable bonds is 4. The normalized spacial score (nSPS) is 24.1. The fourth-order valence-electron chi connectivity index (χ4n) is 2.80. The van der Waals surface area contributed by atoms with Crippen molar-refractivity contribution < 1.29 is 14.3 Å². The number of aromatic nitrogens is 1. The summed E-state index contributed by atoms with van der Waals surface area (Å²) in [6.45, 7) is 3.97. The van der Waals surface area contributed by atoms with Crippen LogP contribution < -0.4 is 5.32 Å². The quantitative estimate of drug-likeness (QED) is 0.660. The molecule has 1 saturated carbocycles. The fourth-order valence-corrected chi connectivity index (χ4v) is 3.13. The molecule has 2 rings (SSSR count). The molecule has 1 aliphatic rings. The second-order valence-electron chi connectivity index (χ2n) is 5.98. The van der Waals surface area contributed by atoms with Gasteiger partial charge in [0.25, 0.3) is 5.91 Å². The highest BCUT2D eigenvalue weighted by molar-refractivity contribution is 6.34. The van der Waals surface area contributed by atoms with Crippen molar-refractivity contribution in [3.05, 3.63) is 28.0 Å². The molecule has 3 atom stereocenters. The van der Waals surface area contributed by atoms with Crippen molar-refractivity contribution in [2.24, 2.45) is 11.8 Å². The Morgan fingerprint density at radius 3 is 2.78 bits per heavy atom. The molecule has 1 fully saturated rings. The van der Waals surface area contributed by atoms with Gasteiger partial charge in [0, 0.05) is 6.04 Å². The van der Waals surface area contributed by atoms with Crippen LogP contribution in [0.4, 0.5) is 0 Å². The number of nitrogens with one attached hydrogen (secondary N) is 1. The SMILES string of the molecule is C[C@H]1[C@H](C)CCC[C@@H]1NC(=O)COC(=O)c1nc(Cl)ccc1Cl. The maximum atomic E-state index is 12.0. The third-order valence-electron chi connectivity index (χ3n) is 4.39. The van der Waals surface area contributed by atoms with Gasteiger partial charge < -0.3 is 10.1 Å². The molecule has 0 aromatic carbocycles. The van der Waals surface area contributed by atoms with Crippen molar-refractivity contribution >= 4 is 35.1 Å². The largest absolute Gasteiger partial charge is 0.451 e. The summed E-state index contributed by atoms with van der Waals surface area (Å²) in [5.74, 6) is -0.0985. The van der Waals surface area contributed by atoms with Crippen LogP contribution in [0.5, 0.6) is 0 Å². The second kappa shape index (κ2) is 7.97. The monoisotopic (exact) mass is 358 g/mol. The zero-order valence-electron chi connectivity index (χ0n) is 13.1. The highest BCUT2D eigenvalue weighted by atomic mass is 35.5. The van der Waals surface area contributed by atoms with Crippen molar-refractivity contribution in [1.29, 1.82) is 0 Å². The molecule has 0 spiro atoms. The van der Waals surface area contributed by atoms with Gasteiger partial charge in [0.05, 0.1) is 5.02 Å². The lowest BCUT2D eigenvalue weighted by Gasteiger charge is -2.34. The van der Waals surface area contributed by atoms with E-state index in [-0.39, 0.29) is 34.4 Å². The van der Waals surface area contributed by atoms with Gasteiger partial charge in [0.2, 0.25) is 0 Å². The molecule has 5 nitrogen and oxygen atoms in total. The van der Waals surface area contributed by atoms with Crippen LogP contribution in [0.1, 0.15) is 43.6 Å². The van der Waals surface area contributed by atoms with Crippen LogP contribution in [0.3, 0.4) is 0 Å². The van der Waals surface area contributed by atoms with Gasteiger partial charge in [-0.15, -0.1) is 0 Å². The molecule has 1 heterocycles. The van der Waals surface area contributed by atoms with Crippen LogP contribution in [-0.4, -0.2) is 29.5 Å². The van der Waals surface area contributed by atoms with E-state index in [1.54, 1.807) is 0 Å². The topological polar surface area (TPSA) is 68.3 Å². The third-order valence-corrected chi connectivity index (χ3v) is 4.91. The van der Waals surface area contributed by atoms with Crippen molar-refractivity contribution in [3.8, 4) is 0 Å². The molecule has 1 aromatic heterocycles. The van der Waals surface area contributed by atoms with E-state index in [9.17, 15) is 9.59 Å². The Labute approximate surface area is 145 Å². The molecule has 23 heavy (non-hydrogen) atoms. The highest BCUT2D eigenvalue weighted by Gasteiger charge is 2.28. The number of esters is 1. The van der Waals surface area contributed by atoms with Gasteiger partial charge in [0.1, 0.15) is 5.15 Å². The number of hydrogen-bond donors (Lipinski definition) is 1. The molecule has 1 aliphatic carbocycles. The Morgan fingerprint density at radius 1 is 1.30 bits per heavy atom. The molecule has 1 N–H and O–H groups in total. The van der Waals surface area contributed by atoms with Crippen LogP contribution in [-0.2, 0) is 9.53 Å². The van der Waals surface area contributed by atoms with Gasteiger partial charge >= 0.3 is 5.97 Å². The minimum absolute atomic E-state index is 0.0911. The first-order valence-corrected chi connectivity index (χ1v) is 8.42. The van der Waals surface area contributed by atoms with Gasteiger partial charge in [-0.1, -0.05) is 49.9 Å². The first-order chi connectivity index (χ1) is 10.9. The Kier molecular flexibility index (Phi) is 6.25. The van der Waals surface area contributed by atoms with E-state index in [1.807, 2.05) is 0 Å². The lowest BCUT2D eigenvalue weighted by molar-refractivity contribution is -0.125. The van der Waals surface area contributed by atoms with Crippen molar-refractivity contribution in [1.82, 2.24) is 10.3 Å². The van der Waals surface area contributed by atoms with Gasteiger partial charge in [-0.25, -0.2) is 9.78 Å². The van der Waals surface area contributed by atoms with Crippen molar-refractivity contribution in [2.45, 2.75) is 39.2 Å². The van der Waals surface area contributed by atoms with Crippen LogP contribution in [0.2, 0.25) is 10.2 Å². The molecule has 0 unspecified atom stereocenters. The molecule has 0 radical (unpaired) electrons. The molecule has 0 saturated heterocycles. The van der Waals surface area contributed by atoms with Gasteiger partial charge in [0.15, 0.2) is 12.3 Å². The van der Waals surface area contributed by atoms with Gasteiger partial charge in [-0.3, -0.25) is 4.79 Å². The average Bonchev–Trinajstić information content (AvgIpc) is 2.52. The maximum Gasteiger partial charge on any atom is 0.359 e. The van der Waals surface area contributed by atoms with E-state index in [4.69, 9.17) is 27.9 Å². The summed E-state index contributed by atoms with van der Waals surface area (Å²) in [5.41, 5.74) is -0.0911. The lowest BCUT2D eigenvalue weighted by Crippen LogP contribution is -2.45. The van der Waals surface area contributed by atoms with Crippen LogP contribution in [0.15, 0.2) is 12.1 Å². The summed E-state index contributed by atoms with van der Waals surface area (Å²) in [4.78, 5) is 27.7. The summed E-state index contributed by atoms with van der Waals surface area (Å²) in [6.07, 6.45) is 3.23. The van der Waals surface area contributed by atoms with E-state index in [0.717, 1.165) is 12.8 Å². The molecule has 1 aromatic rings. The Balaban J connectivity index is 1.86. The number of pyridine rings is 1. The van der Waals surface area contributed by atoms with Crippen molar-refractivity contribution in [2.75, 3.05) is 6.61 Å². The lowest BCUT2D eigenvalue weighted by atomic mass is 9.78. The van der Waals surface area contributed by atoms with E-state index in [2.05, 4.69) is 24.1 Å². The van der Waals surface area contributed by atoms with E-state index in [1.165, 1.54) is 18.6 Å². The molecular weight excluding hydrogens is 339 g/mol. The number of carbonyl (C=O) groups excluding carboxylic acids is 2. The van der Waals surface area contributed by atoms with E-state index >= 15 is 0 Å². The second-order valence-corrected chi connectivity index (χ2v) is 6.78. The van der Waals surface area contributed by atoms with E-state index in [0.29, 0.717) is 11.8 Å². The molecule has 7 heteroatoms. The Morgan fingerprint density at radius 2 is 2.04 bits per heavy atom. The summed E-state index contributed by atoms with van der Waals surface area (Å²) in [6, 6.07) is 3.05. The summed E-state index contributed by atoms with van der Waals surface area (Å²) in [5, 5.41) is 3.21. The Bertz CT molecular complexity index is 595. The summed E-state index contributed by atoms with van der Waals surface area (Å²) in [7, 11) is 0. The number of amides is 1. The molecule has 0 aliphatic heterocycles. The standard InChI is InChI=1S/C16H20Cl2N2O3/c1-9-4-3-5-12(10(9)2)19-14(21)8-23-16(22)15-11(17)6-7-13(18)20-15/h6-7,9-10,12H,3-5,8H2,1-2H3,(H,19,21)/t9-,10+,12+/m1/s1. The number of halogens is 2. The molecule has 0 bridgehead atoms. The molecule has 1 amide bonds. The first kappa shape index (κ1) is 18.0. The maximum absolute atomic E-state index is 12.0. The number of ether oxygens (including phenoxy) is 1. The van der Waals surface area contributed by atoms with Gasteiger partial charge in [-0.2, -0.15) is 0 Å². The predicted octanol–water partition coefficient (Wildman–Crippen LogP) is 3.49. The number of carbonyl (C=O) groups is 2. The summed E-state index contributed by atoms with van der Waals surface area (Å²) < 4.78 is 4.97. The molecular formula is C16H20Cl2N2O3. The smallest absolute Gasteiger partial charge is 0.359 e.